The van der Waals surface area contributed by atoms with Crippen LogP contribution in [0.25, 0.3) is 0 Å². The summed E-state index contributed by atoms with van der Waals surface area (Å²) in [5, 5.41) is 10.6. The summed E-state index contributed by atoms with van der Waals surface area (Å²) in [7, 11) is -3.80. The molecule has 0 aromatic carbocycles. The van der Waals surface area contributed by atoms with Gasteiger partial charge in [0.15, 0.2) is 0 Å². The second-order valence-electron chi connectivity index (χ2n) is 4.73. The molecule has 1 fully saturated rings. The molecule has 0 amide bonds. The van der Waals surface area contributed by atoms with E-state index in [4.69, 9.17) is 9.84 Å². The van der Waals surface area contributed by atoms with Crippen LogP contribution in [0.4, 0.5) is 0 Å². The zero-order valence-electron chi connectivity index (χ0n) is 11.7. The van der Waals surface area contributed by atoms with Crippen LogP contribution in [-0.4, -0.2) is 63.8 Å². The number of ether oxygens (including phenoxy) is 1. The summed E-state index contributed by atoms with van der Waals surface area (Å²) in [6.45, 7) is 5.28. The molecule has 2 heterocycles. The van der Waals surface area contributed by atoms with Crippen molar-refractivity contribution < 1.29 is 23.1 Å². The molecule has 0 atom stereocenters. The van der Waals surface area contributed by atoms with Gasteiger partial charge in [-0.15, -0.1) is 11.3 Å². The minimum absolute atomic E-state index is 0.123. The standard InChI is InChI=1S/C12H18N2O5S2/c1-9-8-20-10(12(15)16)11(9)21(17,18)13-2-3-14-4-6-19-7-5-14/h8,13H,2-7H2,1H3,(H,15,16). The molecular weight excluding hydrogens is 316 g/mol. The number of thiophene rings is 1. The number of carboxylic acid groups (broad SMARTS) is 1. The number of morpholine rings is 1. The normalized spacial score (nSPS) is 17.0. The van der Waals surface area contributed by atoms with Crippen LogP contribution in [0.3, 0.4) is 0 Å². The third-order valence-corrected chi connectivity index (χ3v) is 6.07. The molecule has 1 aromatic rings. The molecule has 9 heteroatoms. The fraction of sp³-hybridized carbons (Fsp3) is 0.583. The number of carbonyl (C=O) groups is 1. The Hall–Kier alpha value is -1.00. The third kappa shape index (κ3) is 4.01. The smallest absolute Gasteiger partial charge is 0.347 e. The topological polar surface area (TPSA) is 95.9 Å². The highest BCUT2D eigenvalue weighted by atomic mass is 32.2. The van der Waals surface area contributed by atoms with E-state index in [1.807, 2.05) is 0 Å². The van der Waals surface area contributed by atoms with Gasteiger partial charge < -0.3 is 9.84 Å². The first-order valence-electron chi connectivity index (χ1n) is 6.53. The maximum absolute atomic E-state index is 12.3. The average molecular weight is 334 g/mol. The highest BCUT2D eigenvalue weighted by Crippen LogP contribution is 2.26. The van der Waals surface area contributed by atoms with Crippen molar-refractivity contribution in [2.45, 2.75) is 11.8 Å². The first-order valence-corrected chi connectivity index (χ1v) is 8.89. The van der Waals surface area contributed by atoms with Gasteiger partial charge in [-0.05, 0) is 17.9 Å². The van der Waals surface area contributed by atoms with E-state index in [1.165, 1.54) is 0 Å². The number of nitrogens with zero attached hydrogens (tertiary/aromatic N) is 1. The van der Waals surface area contributed by atoms with Crippen LogP contribution in [0.2, 0.25) is 0 Å². The number of rotatable bonds is 6. The molecule has 21 heavy (non-hydrogen) atoms. The Morgan fingerprint density at radius 3 is 2.76 bits per heavy atom. The number of hydrogen-bond acceptors (Lipinski definition) is 6. The van der Waals surface area contributed by atoms with Gasteiger partial charge in [0, 0.05) is 26.2 Å². The molecule has 0 radical (unpaired) electrons. The summed E-state index contributed by atoms with van der Waals surface area (Å²) in [6, 6.07) is 0. The number of aryl methyl sites for hydroxylation is 1. The molecule has 2 N–H and O–H groups in total. The summed E-state index contributed by atoms with van der Waals surface area (Å²) >= 11 is 0.927. The molecule has 0 spiro atoms. The Labute approximate surface area is 127 Å². The zero-order chi connectivity index (χ0) is 15.5. The van der Waals surface area contributed by atoms with Crippen molar-refractivity contribution in [3.05, 3.63) is 15.8 Å². The number of aromatic carboxylic acids is 1. The van der Waals surface area contributed by atoms with Gasteiger partial charge in [-0.3, -0.25) is 4.90 Å². The fourth-order valence-electron chi connectivity index (χ4n) is 2.15. The summed E-state index contributed by atoms with van der Waals surface area (Å²) < 4.78 is 32.2. The van der Waals surface area contributed by atoms with Crippen LogP contribution in [0.15, 0.2) is 10.3 Å². The molecule has 1 aromatic heterocycles. The van der Waals surface area contributed by atoms with Crippen molar-refractivity contribution >= 4 is 27.3 Å². The van der Waals surface area contributed by atoms with Gasteiger partial charge in [-0.1, -0.05) is 0 Å². The largest absolute Gasteiger partial charge is 0.477 e. The fourth-order valence-corrected chi connectivity index (χ4v) is 4.80. The molecule has 0 bridgehead atoms. The van der Waals surface area contributed by atoms with Crippen LogP contribution in [0, 0.1) is 6.92 Å². The second kappa shape index (κ2) is 6.84. The van der Waals surface area contributed by atoms with E-state index in [0.717, 1.165) is 24.4 Å². The van der Waals surface area contributed by atoms with Gasteiger partial charge in [-0.2, -0.15) is 0 Å². The Balaban J connectivity index is 2.01. The first-order chi connectivity index (χ1) is 9.92. The monoisotopic (exact) mass is 334 g/mol. The van der Waals surface area contributed by atoms with Crippen molar-refractivity contribution in [2.24, 2.45) is 0 Å². The number of carboxylic acids is 1. The van der Waals surface area contributed by atoms with Gasteiger partial charge in [0.2, 0.25) is 10.0 Å². The number of hydrogen-bond donors (Lipinski definition) is 2. The summed E-state index contributed by atoms with van der Waals surface area (Å²) in [4.78, 5) is 12.9. The van der Waals surface area contributed by atoms with E-state index in [1.54, 1.807) is 12.3 Å². The average Bonchev–Trinajstić information content (AvgIpc) is 2.83. The first kappa shape index (κ1) is 16.4. The summed E-state index contributed by atoms with van der Waals surface area (Å²) in [5.74, 6) is -1.22. The molecule has 2 rings (SSSR count). The molecule has 0 saturated carbocycles. The van der Waals surface area contributed by atoms with Crippen molar-refractivity contribution in [1.82, 2.24) is 9.62 Å². The van der Waals surface area contributed by atoms with E-state index in [2.05, 4.69) is 9.62 Å². The van der Waals surface area contributed by atoms with E-state index in [-0.39, 0.29) is 16.3 Å². The molecule has 0 aliphatic carbocycles. The van der Waals surface area contributed by atoms with Crippen LogP contribution >= 0.6 is 11.3 Å². The van der Waals surface area contributed by atoms with Gasteiger partial charge in [0.1, 0.15) is 9.77 Å². The lowest BCUT2D eigenvalue weighted by Gasteiger charge is -2.26. The highest BCUT2D eigenvalue weighted by molar-refractivity contribution is 7.89. The van der Waals surface area contributed by atoms with Crippen LogP contribution in [0.1, 0.15) is 15.2 Å². The van der Waals surface area contributed by atoms with Crippen LogP contribution in [-0.2, 0) is 14.8 Å². The lowest BCUT2D eigenvalue weighted by molar-refractivity contribution is 0.0390. The molecular formula is C12H18N2O5S2. The van der Waals surface area contributed by atoms with Crippen LogP contribution < -0.4 is 4.72 Å². The van der Waals surface area contributed by atoms with Crippen molar-refractivity contribution in [1.29, 1.82) is 0 Å². The maximum atomic E-state index is 12.3. The predicted molar refractivity (Wildman–Crippen MR) is 78.5 cm³/mol. The molecule has 118 valence electrons. The highest BCUT2D eigenvalue weighted by Gasteiger charge is 2.26. The van der Waals surface area contributed by atoms with Crippen molar-refractivity contribution in [3.8, 4) is 0 Å². The van der Waals surface area contributed by atoms with E-state index in [9.17, 15) is 13.2 Å². The lowest BCUT2D eigenvalue weighted by Crippen LogP contribution is -2.41. The molecule has 1 aliphatic rings. The maximum Gasteiger partial charge on any atom is 0.347 e. The Morgan fingerprint density at radius 2 is 2.14 bits per heavy atom. The molecule has 1 saturated heterocycles. The molecule has 1 aliphatic heterocycles. The Bertz CT molecular complexity index is 605. The van der Waals surface area contributed by atoms with E-state index >= 15 is 0 Å². The number of sulfonamides is 1. The quantitative estimate of drug-likeness (QED) is 0.780. The Morgan fingerprint density at radius 1 is 1.48 bits per heavy atom. The minimum Gasteiger partial charge on any atom is -0.477 e. The molecule has 7 nitrogen and oxygen atoms in total. The van der Waals surface area contributed by atoms with Crippen molar-refractivity contribution in [3.63, 3.8) is 0 Å². The van der Waals surface area contributed by atoms with Gasteiger partial charge in [-0.25, -0.2) is 17.9 Å². The number of nitrogens with one attached hydrogen (secondary N) is 1. The second-order valence-corrected chi connectivity index (χ2v) is 7.32. The summed E-state index contributed by atoms with van der Waals surface area (Å²) in [6.07, 6.45) is 0. The third-order valence-electron chi connectivity index (χ3n) is 3.20. The minimum atomic E-state index is -3.80. The zero-order valence-corrected chi connectivity index (χ0v) is 13.3. The van der Waals surface area contributed by atoms with E-state index < -0.39 is 16.0 Å². The Kier molecular flexibility index (Phi) is 5.33. The summed E-state index contributed by atoms with van der Waals surface area (Å²) in [5.41, 5.74) is 0.455. The van der Waals surface area contributed by atoms with Crippen LogP contribution in [0.5, 0.6) is 0 Å². The van der Waals surface area contributed by atoms with Crippen molar-refractivity contribution in [2.75, 3.05) is 39.4 Å². The van der Waals surface area contributed by atoms with Gasteiger partial charge in [0.25, 0.3) is 0 Å². The van der Waals surface area contributed by atoms with E-state index in [0.29, 0.717) is 25.3 Å². The lowest BCUT2D eigenvalue weighted by atomic mass is 10.3. The van der Waals surface area contributed by atoms with Gasteiger partial charge >= 0.3 is 5.97 Å². The van der Waals surface area contributed by atoms with Gasteiger partial charge in [0.05, 0.1) is 13.2 Å². The predicted octanol–water partition coefficient (Wildman–Crippen LogP) is 0.365. The molecule has 0 unspecified atom stereocenters. The SMILES string of the molecule is Cc1csc(C(=O)O)c1S(=O)(=O)NCCN1CCOCC1.